The summed E-state index contributed by atoms with van der Waals surface area (Å²) in [7, 11) is 7.22. The average molecular weight is 159 g/mol. The smallest absolute Gasteiger partial charge is 0.250 e. The Morgan fingerprint density at radius 3 is 2.67 bits per heavy atom. The van der Waals surface area contributed by atoms with E-state index in [0.717, 1.165) is 5.56 Å². The van der Waals surface area contributed by atoms with Gasteiger partial charge in [0.25, 0.3) is 0 Å². The SMILES string of the molecule is [B]c1cc(C)ccc1C(=O)NC. The largest absolute Gasteiger partial charge is 0.355 e. The van der Waals surface area contributed by atoms with Crippen LogP contribution in [0.5, 0.6) is 0 Å². The number of amides is 1. The van der Waals surface area contributed by atoms with Gasteiger partial charge in [-0.25, -0.2) is 0 Å². The Labute approximate surface area is 73.4 Å². The highest BCUT2D eigenvalue weighted by Crippen LogP contribution is 1.98. The van der Waals surface area contributed by atoms with Crippen LogP contribution in [0.3, 0.4) is 0 Å². The Kier molecular flexibility index (Phi) is 2.53. The van der Waals surface area contributed by atoms with E-state index in [1.807, 2.05) is 13.0 Å². The van der Waals surface area contributed by atoms with Crippen molar-refractivity contribution in [1.82, 2.24) is 5.32 Å². The molecule has 0 fully saturated rings. The fourth-order valence-corrected chi connectivity index (χ4v) is 1.02. The van der Waals surface area contributed by atoms with Crippen LogP contribution in [0.4, 0.5) is 0 Å². The first kappa shape index (κ1) is 8.85. The van der Waals surface area contributed by atoms with Crippen molar-refractivity contribution in [2.45, 2.75) is 6.92 Å². The highest BCUT2D eigenvalue weighted by atomic mass is 16.1. The van der Waals surface area contributed by atoms with Gasteiger partial charge in [-0.3, -0.25) is 4.79 Å². The average Bonchev–Trinajstić information content (AvgIpc) is 2.03. The van der Waals surface area contributed by atoms with Gasteiger partial charge in [0, 0.05) is 12.6 Å². The second-order valence-corrected chi connectivity index (χ2v) is 2.67. The number of carbonyl (C=O) groups is 1. The van der Waals surface area contributed by atoms with E-state index in [1.165, 1.54) is 0 Å². The fourth-order valence-electron chi connectivity index (χ4n) is 1.02. The van der Waals surface area contributed by atoms with E-state index < -0.39 is 0 Å². The first-order valence-electron chi connectivity index (χ1n) is 3.73. The molecule has 0 saturated heterocycles. The molecule has 2 radical (unpaired) electrons. The molecule has 12 heavy (non-hydrogen) atoms. The Morgan fingerprint density at radius 2 is 2.17 bits per heavy atom. The zero-order chi connectivity index (χ0) is 9.14. The van der Waals surface area contributed by atoms with Crippen molar-refractivity contribution in [3.63, 3.8) is 0 Å². The van der Waals surface area contributed by atoms with Crippen LogP contribution in [0.15, 0.2) is 18.2 Å². The summed E-state index contributed by atoms with van der Waals surface area (Å²) in [6.45, 7) is 1.93. The predicted octanol–water partition coefficient (Wildman–Crippen LogP) is 0.148. The topological polar surface area (TPSA) is 29.1 Å². The molecule has 0 spiro atoms. The third-order valence-electron chi connectivity index (χ3n) is 1.68. The Balaban J connectivity index is 3.09. The Hall–Kier alpha value is -1.25. The van der Waals surface area contributed by atoms with Gasteiger partial charge in [0.1, 0.15) is 7.85 Å². The fraction of sp³-hybridized carbons (Fsp3) is 0.222. The van der Waals surface area contributed by atoms with Crippen LogP contribution in [-0.4, -0.2) is 20.8 Å². The lowest BCUT2D eigenvalue weighted by molar-refractivity contribution is 0.0964. The minimum Gasteiger partial charge on any atom is -0.355 e. The molecule has 1 rings (SSSR count). The second kappa shape index (κ2) is 3.43. The maximum atomic E-state index is 11.2. The lowest BCUT2D eigenvalue weighted by Gasteiger charge is -2.04. The molecular formula is C9H10BNO. The van der Waals surface area contributed by atoms with Crippen molar-refractivity contribution >= 4 is 19.2 Å². The quantitative estimate of drug-likeness (QED) is 0.580. The molecule has 0 unspecified atom stereocenters. The third-order valence-corrected chi connectivity index (χ3v) is 1.68. The van der Waals surface area contributed by atoms with Crippen LogP contribution in [0, 0.1) is 6.92 Å². The van der Waals surface area contributed by atoms with Crippen LogP contribution in [0.2, 0.25) is 0 Å². The van der Waals surface area contributed by atoms with Gasteiger partial charge < -0.3 is 5.32 Å². The van der Waals surface area contributed by atoms with E-state index in [1.54, 1.807) is 19.2 Å². The van der Waals surface area contributed by atoms with Crippen LogP contribution >= 0.6 is 0 Å². The van der Waals surface area contributed by atoms with Crippen molar-refractivity contribution in [2.24, 2.45) is 0 Å². The summed E-state index contributed by atoms with van der Waals surface area (Å²) in [5.74, 6) is -0.146. The zero-order valence-electron chi connectivity index (χ0n) is 7.22. The molecule has 0 aromatic heterocycles. The predicted molar refractivity (Wildman–Crippen MR) is 50.0 cm³/mol. The molecule has 1 aromatic rings. The van der Waals surface area contributed by atoms with Gasteiger partial charge in [-0.2, -0.15) is 0 Å². The highest BCUT2D eigenvalue weighted by molar-refractivity contribution is 6.36. The molecule has 0 aliphatic heterocycles. The molecule has 2 nitrogen and oxygen atoms in total. The molecule has 60 valence electrons. The molecule has 0 aliphatic rings. The summed E-state index contributed by atoms with van der Waals surface area (Å²) in [6.07, 6.45) is 0. The standard InChI is InChI=1S/C9H10BNO/c1-6-3-4-7(8(10)5-6)9(12)11-2/h3-5H,1-2H3,(H,11,12). The number of hydrogen-bond acceptors (Lipinski definition) is 1. The molecule has 1 amide bonds. The van der Waals surface area contributed by atoms with E-state index in [-0.39, 0.29) is 5.91 Å². The minimum absolute atomic E-state index is 0.146. The van der Waals surface area contributed by atoms with E-state index in [9.17, 15) is 4.79 Å². The minimum atomic E-state index is -0.146. The van der Waals surface area contributed by atoms with Crippen molar-refractivity contribution in [1.29, 1.82) is 0 Å². The monoisotopic (exact) mass is 159 g/mol. The van der Waals surface area contributed by atoms with Gasteiger partial charge in [-0.05, 0) is 13.0 Å². The normalized spacial score (nSPS) is 9.50. The van der Waals surface area contributed by atoms with Crippen LogP contribution in [0.1, 0.15) is 15.9 Å². The second-order valence-electron chi connectivity index (χ2n) is 2.67. The maximum Gasteiger partial charge on any atom is 0.250 e. The van der Waals surface area contributed by atoms with Crippen LogP contribution < -0.4 is 10.8 Å². The number of benzene rings is 1. The van der Waals surface area contributed by atoms with Crippen molar-refractivity contribution < 1.29 is 4.79 Å². The number of hydrogen-bond donors (Lipinski definition) is 1. The summed E-state index contributed by atoms with van der Waals surface area (Å²) in [5.41, 5.74) is 2.11. The Bertz CT molecular complexity index is 309. The number of rotatable bonds is 1. The molecule has 0 bridgehead atoms. The first-order valence-corrected chi connectivity index (χ1v) is 3.73. The molecule has 0 atom stereocenters. The van der Waals surface area contributed by atoms with Gasteiger partial charge >= 0.3 is 0 Å². The summed E-state index contributed by atoms with van der Waals surface area (Å²) in [6, 6.07) is 5.37. The molecular weight excluding hydrogens is 149 g/mol. The van der Waals surface area contributed by atoms with Gasteiger partial charge in [0.2, 0.25) is 5.91 Å². The van der Waals surface area contributed by atoms with Crippen molar-refractivity contribution in [2.75, 3.05) is 7.05 Å². The van der Waals surface area contributed by atoms with E-state index >= 15 is 0 Å². The summed E-state index contributed by atoms with van der Waals surface area (Å²) >= 11 is 0. The maximum absolute atomic E-state index is 11.2. The summed E-state index contributed by atoms with van der Waals surface area (Å²) < 4.78 is 0. The molecule has 0 heterocycles. The van der Waals surface area contributed by atoms with Crippen LogP contribution in [-0.2, 0) is 0 Å². The van der Waals surface area contributed by atoms with Gasteiger partial charge in [0.15, 0.2) is 0 Å². The summed E-state index contributed by atoms with van der Waals surface area (Å²) in [4.78, 5) is 11.2. The highest BCUT2D eigenvalue weighted by Gasteiger charge is 2.04. The molecule has 1 aromatic carbocycles. The third kappa shape index (κ3) is 1.67. The lowest BCUT2D eigenvalue weighted by Crippen LogP contribution is -2.25. The Morgan fingerprint density at radius 1 is 1.50 bits per heavy atom. The molecule has 0 saturated carbocycles. The first-order chi connectivity index (χ1) is 5.65. The van der Waals surface area contributed by atoms with Crippen LogP contribution in [0.25, 0.3) is 0 Å². The van der Waals surface area contributed by atoms with Crippen molar-refractivity contribution in [3.05, 3.63) is 29.3 Å². The molecule has 3 heteroatoms. The van der Waals surface area contributed by atoms with Gasteiger partial charge in [-0.15, -0.1) is 0 Å². The number of aryl methyl sites for hydroxylation is 1. The molecule has 0 aliphatic carbocycles. The van der Waals surface area contributed by atoms with E-state index in [4.69, 9.17) is 7.85 Å². The summed E-state index contributed by atoms with van der Waals surface area (Å²) in [5, 5.41) is 2.52. The zero-order valence-corrected chi connectivity index (χ0v) is 7.22. The van der Waals surface area contributed by atoms with Crippen molar-refractivity contribution in [3.8, 4) is 0 Å². The van der Waals surface area contributed by atoms with E-state index in [0.29, 0.717) is 11.0 Å². The van der Waals surface area contributed by atoms with Gasteiger partial charge in [-0.1, -0.05) is 23.2 Å². The number of carbonyl (C=O) groups excluding carboxylic acids is 1. The van der Waals surface area contributed by atoms with E-state index in [2.05, 4.69) is 5.32 Å². The van der Waals surface area contributed by atoms with Gasteiger partial charge in [0.05, 0.1) is 0 Å². The molecule has 1 N–H and O–H groups in total. The number of nitrogens with one attached hydrogen (secondary N) is 1. The lowest BCUT2D eigenvalue weighted by atomic mass is 9.89.